The van der Waals surface area contributed by atoms with Crippen LogP contribution in [0.4, 0.5) is 20.4 Å². The molecule has 1 aliphatic heterocycles. The molecule has 29 heavy (non-hydrogen) atoms. The van der Waals surface area contributed by atoms with E-state index in [4.69, 9.17) is 0 Å². The van der Waals surface area contributed by atoms with Gasteiger partial charge in [0.1, 0.15) is 11.5 Å². The first-order valence-corrected chi connectivity index (χ1v) is 8.89. The third kappa shape index (κ3) is 3.60. The van der Waals surface area contributed by atoms with E-state index in [2.05, 4.69) is 25.4 Å². The van der Waals surface area contributed by atoms with Gasteiger partial charge in [0, 0.05) is 45.4 Å². The third-order valence-electron chi connectivity index (χ3n) is 4.49. The van der Waals surface area contributed by atoms with Gasteiger partial charge in [-0.15, -0.1) is 5.10 Å². The van der Waals surface area contributed by atoms with Gasteiger partial charge in [0.15, 0.2) is 5.82 Å². The standard InChI is InChI=1S/C18H19F2N7O2/c1-10(28)23-14-6-12-11(7-22-14)15(26-8-17(2,29)9-26)25-27(12)16-21-5-4-13(24-16)18(3,19)20/h4-7,29H,8-9H2,1-3H3,(H,22,23,28). The van der Waals surface area contributed by atoms with E-state index in [-0.39, 0.29) is 17.7 Å². The van der Waals surface area contributed by atoms with Gasteiger partial charge in [0.2, 0.25) is 5.91 Å². The number of β-amino-alcohol motifs (C(OH)–C–C–N with tert-alkyl or cyclic N) is 1. The van der Waals surface area contributed by atoms with Crippen molar-refractivity contribution in [3.63, 3.8) is 0 Å². The summed E-state index contributed by atoms with van der Waals surface area (Å²) >= 11 is 0. The van der Waals surface area contributed by atoms with Crippen molar-refractivity contribution in [2.75, 3.05) is 23.3 Å². The molecule has 0 bridgehead atoms. The monoisotopic (exact) mass is 403 g/mol. The first-order chi connectivity index (χ1) is 13.5. The van der Waals surface area contributed by atoms with Crippen LogP contribution < -0.4 is 10.2 Å². The molecule has 11 heteroatoms. The Hall–Kier alpha value is -3.21. The van der Waals surface area contributed by atoms with E-state index in [0.717, 1.165) is 13.0 Å². The molecule has 9 nitrogen and oxygen atoms in total. The number of carbonyl (C=O) groups is 1. The number of nitrogens with one attached hydrogen (secondary N) is 1. The summed E-state index contributed by atoms with van der Waals surface area (Å²) in [5.41, 5.74) is -0.780. The molecule has 2 N–H and O–H groups in total. The van der Waals surface area contributed by atoms with Crippen LogP contribution in [0.2, 0.25) is 0 Å². The van der Waals surface area contributed by atoms with E-state index < -0.39 is 17.2 Å². The van der Waals surface area contributed by atoms with Crippen molar-refractivity contribution in [1.29, 1.82) is 0 Å². The van der Waals surface area contributed by atoms with E-state index >= 15 is 0 Å². The van der Waals surface area contributed by atoms with Gasteiger partial charge in [-0.2, -0.15) is 13.5 Å². The van der Waals surface area contributed by atoms with Crippen LogP contribution in [0.5, 0.6) is 0 Å². The average Bonchev–Trinajstić information content (AvgIpc) is 2.97. The summed E-state index contributed by atoms with van der Waals surface area (Å²) in [4.78, 5) is 25.5. The lowest BCUT2D eigenvalue weighted by Crippen LogP contribution is -2.60. The van der Waals surface area contributed by atoms with Crippen molar-refractivity contribution in [1.82, 2.24) is 24.7 Å². The normalized spacial score (nSPS) is 16.0. The number of carbonyl (C=O) groups excluding carboxylic acids is 1. The summed E-state index contributed by atoms with van der Waals surface area (Å²) in [7, 11) is 0. The minimum absolute atomic E-state index is 0.0347. The van der Waals surface area contributed by atoms with Gasteiger partial charge >= 0.3 is 0 Å². The van der Waals surface area contributed by atoms with E-state index in [1.54, 1.807) is 13.0 Å². The summed E-state index contributed by atoms with van der Waals surface area (Å²) in [5, 5.41) is 17.8. The van der Waals surface area contributed by atoms with E-state index in [0.29, 0.717) is 29.8 Å². The van der Waals surface area contributed by atoms with Gasteiger partial charge in [-0.3, -0.25) is 4.79 Å². The van der Waals surface area contributed by atoms with Crippen LogP contribution in [-0.2, 0) is 10.7 Å². The molecule has 1 amide bonds. The summed E-state index contributed by atoms with van der Waals surface area (Å²) in [6.07, 6.45) is 2.78. The van der Waals surface area contributed by atoms with Crippen LogP contribution in [0, 0.1) is 0 Å². The Kier molecular flexibility index (Phi) is 4.23. The molecule has 0 atom stereocenters. The molecule has 0 spiro atoms. The number of amides is 1. The fourth-order valence-corrected chi connectivity index (χ4v) is 3.25. The molecule has 3 aromatic rings. The number of nitrogens with zero attached hydrogens (tertiary/aromatic N) is 6. The number of fused-ring (bicyclic) bond motifs is 1. The minimum atomic E-state index is -3.14. The molecule has 1 saturated heterocycles. The van der Waals surface area contributed by atoms with Crippen LogP contribution in [0.1, 0.15) is 26.5 Å². The first kappa shape index (κ1) is 19.1. The lowest BCUT2D eigenvalue weighted by Gasteiger charge is -2.44. The van der Waals surface area contributed by atoms with Gasteiger partial charge in [0.05, 0.1) is 16.5 Å². The zero-order valence-corrected chi connectivity index (χ0v) is 16.0. The van der Waals surface area contributed by atoms with Crippen LogP contribution in [0.15, 0.2) is 24.5 Å². The lowest BCUT2D eigenvalue weighted by molar-refractivity contribution is -0.114. The molecule has 3 aromatic heterocycles. The molecule has 0 unspecified atom stereocenters. The molecule has 0 aromatic carbocycles. The van der Waals surface area contributed by atoms with Crippen molar-refractivity contribution in [2.45, 2.75) is 32.3 Å². The molecular weight excluding hydrogens is 384 g/mol. The molecule has 0 radical (unpaired) electrons. The number of anilines is 2. The smallest absolute Gasteiger partial charge is 0.287 e. The van der Waals surface area contributed by atoms with Gasteiger partial charge < -0.3 is 15.3 Å². The Morgan fingerprint density at radius 2 is 2.07 bits per heavy atom. The van der Waals surface area contributed by atoms with Crippen LogP contribution in [-0.4, -0.2) is 54.4 Å². The minimum Gasteiger partial charge on any atom is -0.386 e. The number of aromatic nitrogens is 5. The SMILES string of the molecule is CC(=O)Nc1cc2c(cn1)c(N1CC(C)(O)C1)nn2-c1nccc(C(C)(F)F)n1. The highest BCUT2D eigenvalue weighted by Crippen LogP contribution is 2.34. The number of aliphatic hydroxyl groups is 1. The highest BCUT2D eigenvalue weighted by Gasteiger charge is 2.39. The zero-order valence-electron chi connectivity index (χ0n) is 16.0. The maximum atomic E-state index is 13.7. The number of hydrogen-bond donors (Lipinski definition) is 2. The Bertz CT molecular complexity index is 1100. The number of halogens is 2. The second-order valence-corrected chi connectivity index (χ2v) is 7.49. The van der Waals surface area contributed by atoms with E-state index in [1.807, 2.05) is 4.90 Å². The predicted molar refractivity (Wildman–Crippen MR) is 101 cm³/mol. The van der Waals surface area contributed by atoms with Crippen molar-refractivity contribution >= 4 is 28.4 Å². The van der Waals surface area contributed by atoms with Gasteiger partial charge in [-0.25, -0.2) is 15.0 Å². The summed E-state index contributed by atoms with van der Waals surface area (Å²) < 4.78 is 28.8. The predicted octanol–water partition coefficient (Wildman–Crippen LogP) is 1.85. The summed E-state index contributed by atoms with van der Waals surface area (Å²) in [5.74, 6) is -2.67. The maximum Gasteiger partial charge on any atom is 0.287 e. The van der Waals surface area contributed by atoms with Crippen molar-refractivity contribution in [2.24, 2.45) is 0 Å². The maximum absolute atomic E-state index is 13.7. The second kappa shape index (κ2) is 6.41. The molecule has 0 saturated carbocycles. The molecule has 4 rings (SSSR count). The second-order valence-electron chi connectivity index (χ2n) is 7.49. The quantitative estimate of drug-likeness (QED) is 0.684. The van der Waals surface area contributed by atoms with Crippen molar-refractivity contribution in [3.05, 3.63) is 30.2 Å². The topological polar surface area (TPSA) is 109 Å². The molecule has 0 aliphatic carbocycles. The van der Waals surface area contributed by atoms with Crippen LogP contribution >= 0.6 is 0 Å². The molecular formula is C18H19F2N7O2. The third-order valence-corrected chi connectivity index (χ3v) is 4.49. The van der Waals surface area contributed by atoms with E-state index in [1.165, 1.54) is 24.0 Å². The first-order valence-electron chi connectivity index (χ1n) is 8.89. The molecule has 1 aliphatic rings. The Morgan fingerprint density at radius 3 is 2.69 bits per heavy atom. The Labute approximate surface area is 164 Å². The summed E-state index contributed by atoms with van der Waals surface area (Å²) in [6, 6.07) is 2.72. The lowest BCUT2D eigenvalue weighted by atomic mass is 9.97. The highest BCUT2D eigenvalue weighted by molar-refractivity contribution is 5.95. The van der Waals surface area contributed by atoms with Gasteiger partial charge in [-0.1, -0.05) is 0 Å². The molecule has 152 valence electrons. The van der Waals surface area contributed by atoms with Crippen molar-refractivity contribution < 1.29 is 18.7 Å². The number of rotatable bonds is 4. The van der Waals surface area contributed by atoms with Crippen LogP contribution in [0.3, 0.4) is 0 Å². The van der Waals surface area contributed by atoms with E-state index in [9.17, 15) is 18.7 Å². The number of pyridine rings is 1. The fraction of sp³-hybridized carbons (Fsp3) is 0.389. The number of alkyl halides is 2. The molecule has 1 fully saturated rings. The van der Waals surface area contributed by atoms with Crippen molar-refractivity contribution in [3.8, 4) is 5.95 Å². The average molecular weight is 403 g/mol. The highest BCUT2D eigenvalue weighted by atomic mass is 19.3. The van der Waals surface area contributed by atoms with Gasteiger partial charge in [0.25, 0.3) is 11.9 Å². The zero-order chi connectivity index (χ0) is 21.0. The molecule has 4 heterocycles. The van der Waals surface area contributed by atoms with Crippen LogP contribution in [0.25, 0.3) is 16.9 Å². The van der Waals surface area contributed by atoms with Gasteiger partial charge in [-0.05, 0) is 13.0 Å². The Morgan fingerprint density at radius 1 is 1.34 bits per heavy atom. The fourth-order valence-electron chi connectivity index (χ4n) is 3.25. The largest absolute Gasteiger partial charge is 0.386 e. The Balaban J connectivity index is 1.87. The summed E-state index contributed by atoms with van der Waals surface area (Å²) in [6.45, 7) is 4.55. The number of hydrogen-bond acceptors (Lipinski definition) is 7.